The van der Waals surface area contributed by atoms with Gasteiger partial charge in [-0.2, -0.15) is 0 Å². The lowest BCUT2D eigenvalue weighted by molar-refractivity contribution is 0.256. The molecule has 2 N–H and O–H groups in total. The average molecular weight is 524 g/mol. The van der Waals surface area contributed by atoms with Crippen molar-refractivity contribution in [3.8, 4) is 11.1 Å². The molecule has 0 radical (unpaired) electrons. The lowest BCUT2D eigenvalue weighted by atomic mass is 9.96. The summed E-state index contributed by atoms with van der Waals surface area (Å²) >= 11 is 1.26. The number of anilines is 2. The average Bonchev–Trinajstić information content (AvgIpc) is 3.45. The first-order valence-electron chi connectivity index (χ1n) is 12.4. The maximum atomic E-state index is 13.1. The normalized spacial score (nSPS) is 17.3. The quantitative estimate of drug-likeness (QED) is 0.525. The molecule has 0 unspecified atom stereocenters. The fraction of sp³-hybridized carbons (Fsp3) is 0.385. The highest BCUT2D eigenvalue weighted by molar-refractivity contribution is 7.92. The van der Waals surface area contributed by atoms with Gasteiger partial charge in [-0.1, -0.05) is 12.1 Å². The van der Waals surface area contributed by atoms with Crippen LogP contribution in [0, 0.1) is 0 Å². The van der Waals surface area contributed by atoms with E-state index >= 15 is 0 Å². The molecule has 0 saturated carbocycles. The summed E-state index contributed by atoms with van der Waals surface area (Å²) in [7, 11) is -1.96. The van der Waals surface area contributed by atoms with E-state index in [1.165, 1.54) is 16.9 Å². The lowest BCUT2D eigenvalue weighted by Crippen LogP contribution is -2.37. The monoisotopic (exact) mass is 523 g/mol. The molecule has 0 atom stereocenters. The number of benzene rings is 1. The van der Waals surface area contributed by atoms with E-state index in [1.807, 2.05) is 25.4 Å². The number of nitrogens with one attached hydrogen (secondary N) is 2. The van der Waals surface area contributed by atoms with E-state index in [4.69, 9.17) is 0 Å². The van der Waals surface area contributed by atoms with E-state index < -0.39 is 16.1 Å². The number of hydrogen-bond acceptors (Lipinski definition) is 7. The molecule has 6 rings (SSSR count). The molecule has 3 aliphatic rings. The number of rotatable bonds is 5. The van der Waals surface area contributed by atoms with Crippen molar-refractivity contribution < 1.29 is 13.2 Å². The second-order valence-corrected chi connectivity index (χ2v) is 12.8. The summed E-state index contributed by atoms with van der Waals surface area (Å²) < 4.78 is 28.7. The lowest BCUT2D eigenvalue weighted by Gasteiger charge is -2.34. The van der Waals surface area contributed by atoms with Gasteiger partial charge in [-0.3, -0.25) is 4.98 Å². The Morgan fingerprint density at radius 2 is 1.89 bits per heavy atom. The molecular formula is C26H29N5O3S2. The van der Waals surface area contributed by atoms with Gasteiger partial charge in [0.15, 0.2) is 0 Å². The Kier molecular flexibility index (Phi) is 5.97. The Bertz CT molecular complexity index is 1450. The van der Waals surface area contributed by atoms with Crippen LogP contribution in [0.5, 0.6) is 0 Å². The van der Waals surface area contributed by atoms with Gasteiger partial charge in [0.1, 0.15) is 4.21 Å². The summed E-state index contributed by atoms with van der Waals surface area (Å²) in [6, 6.07) is 7.10. The van der Waals surface area contributed by atoms with Gasteiger partial charge in [-0.05, 0) is 68.0 Å². The molecule has 2 amide bonds. The number of thiophene rings is 1. The third-order valence-corrected chi connectivity index (χ3v) is 10.4. The zero-order chi connectivity index (χ0) is 24.9. The van der Waals surface area contributed by atoms with Gasteiger partial charge >= 0.3 is 6.03 Å². The number of nitrogens with zero attached hydrogens (tertiary/aromatic N) is 3. The molecule has 10 heteroatoms. The number of hydrogen-bond donors (Lipinski definition) is 2. The van der Waals surface area contributed by atoms with Crippen LogP contribution < -0.4 is 14.9 Å². The molecule has 1 aliphatic carbocycles. The molecule has 1 aromatic carbocycles. The third-order valence-electron chi connectivity index (χ3n) is 7.34. The van der Waals surface area contributed by atoms with Crippen LogP contribution in [0.15, 0.2) is 40.9 Å². The third kappa shape index (κ3) is 4.27. The van der Waals surface area contributed by atoms with Gasteiger partial charge in [0.25, 0.3) is 10.0 Å². The Balaban J connectivity index is 1.31. The number of carbonyl (C=O) groups excluding carboxylic acids is 1. The Hall–Kier alpha value is -2.95. The molecule has 8 nitrogen and oxygen atoms in total. The van der Waals surface area contributed by atoms with Crippen molar-refractivity contribution in [3.05, 3.63) is 58.2 Å². The minimum absolute atomic E-state index is 0.186. The molecule has 188 valence electrons. The van der Waals surface area contributed by atoms with Gasteiger partial charge < -0.3 is 15.1 Å². The number of sulfonamides is 1. The predicted octanol–water partition coefficient (Wildman–Crippen LogP) is 4.01. The van der Waals surface area contributed by atoms with Crippen LogP contribution in [0.2, 0.25) is 0 Å². The number of aromatic nitrogens is 1. The second-order valence-electron chi connectivity index (χ2n) is 9.77. The molecule has 1 saturated heterocycles. The number of carbonyl (C=O) groups is 1. The number of pyridine rings is 1. The van der Waals surface area contributed by atoms with E-state index in [0.717, 1.165) is 91.1 Å². The number of fused-ring (bicyclic) bond motifs is 2. The smallest absolute Gasteiger partial charge is 0.333 e. The molecule has 0 bridgehead atoms. The standard InChI is InChI=1S/C26H29N5O3S2/c1-30-13-9-23-18(16-30)14-24(35-23)36(33,34)29-26(32)28-25-19-5-2-4-17(19)6-7-21(25)20-8-10-27-15-22(20)31-11-3-12-31/h6-8,10,14-15H,2-5,9,11-13,16H2,1H3,(H2,28,29,32). The van der Waals surface area contributed by atoms with Crippen molar-refractivity contribution in [1.29, 1.82) is 0 Å². The molecule has 0 spiro atoms. The predicted molar refractivity (Wildman–Crippen MR) is 142 cm³/mol. The van der Waals surface area contributed by atoms with Crippen molar-refractivity contribution in [1.82, 2.24) is 14.6 Å². The number of amides is 2. The molecule has 1 fully saturated rings. The number of likely N-dealkylation sites (N-methyl/N-ethyl adjacent to an activating group) is 1. The first-order chi connectivity index (χ1) is 17.4. The minimum Gasteiger partial charge on any atom is -0.370 e. The molecule has 2 aromatic heterocycles. The van der Waals surface area contributed by atoms with Crippen LogP contribution in [-0.2, 0) is 35.8 Å². The molecule has 4 heterocycles. The van der Waals surface area contributed by atoms with E-state index in [0.29, 0.717) is 5.69 Å². The summed E-state index contributed by atoms with van der Waals surface area (Å²) in [6.07, 6.45) is 8.41. The van der Waals surface area contributed by atoms with Gasteiger partial charge in [0.2, 0.25) is 0 Å². The van der Waals surface area contributed by atoms with Gasteiger partial charge in [-0.15, -0.1) is 11.3 Å². The summed E-state index contributed by atoms with van der Waals surface area (Å²) in [5.74, 6) is 0. The number of aryl methyl sites for hydroxylation is 1. The van der Waals surface area contributed by atoms with Crippen molar-refractivity contribution in [2.45, 2.75) is 42.9 Å². The van der Waals surface area contributed by atoms with Crippen LogP contribution in [-0.4, -0.2) is 51.0 Å². The largest absolute Gasteiger partial charge is 0.370 e. The van der Waals surface area contributed by atoms with Crippen molar-refractivity contribution in [2.75, 3.05) is 36.9 Å². The molecule has 3 aromatic rings. The van der Waals surface area contributed by atoms with E-state index in [2.05, 4.69) is 30.9 Å². The molecule has 36 heavy (non-hydrogen) atoms. The van der Waals surface area contributed by atoms with Crippen molar-refractivity contribution in [3.63, 3.8) is 0 Å². The fourth-order valence-corrected chi connectivity index (χ4v) is 7.80. The maximum absolute atomic E-state index is 13.1. The summed E-state index contributed by atoms with van der Waals surface area (Å²) in [5.41, 5.74) is 6.92. The van der Waals surface area contributed by atoms with Crippen LogP contribution in [0.25, 0.3) is 11.1 Å². The Morgan fingerprint density at radius 1 is 1.03 bits per heavy atom. The summed E-state index contributed by atoms with van der Waals surface area (Å²) in [5, 5.41) is 2.93. The maximum Gasteiger partial charge on any atom is 0.333 e. The van der Waals surface area contributed by atoms with E-state index in [1.54, 1.807) is 12.3 Å². The Morgan fingerprint density at radius 3 is 2.69 bits per heavy atom. The molecular weight excluding hydrogens is 494 g/mol. The SMILES string of the molecule is CN1CCc2sc(S(=O)(=O)NC(=O)Nc3c(-c4ccncc4N4CCC4)ccc4c3CCC4)cc2C1. The van der Waals surface area contributed by atoms with Gasteiger partial charge in [0.05, 0.1) is 17.6 Å². The van der Waals surface area contributed by atoms with Crippen LogP contribution in [0.1, 0.15) is 34.4 Å². The van der Waals surface area contributed by atoms with Crippen LogP contribution in [0.3, 0.4) is 0 Å². The number of urea groups is 1. The highest BCUT2D eigenvalue weighted by Gasteiger charge is 2.28. The highest BCUT2D eigenvalue weighted by atomic mass is 32.2. The fourth-order valence-electron chi connectivity index (χ4n) is 5.35. The van der Waals surface area contributed by atoms with E-state index in [9.17, 15) is 13.2 Å². The zero-order valence-electron chi connectivity index (χ0n) is 20.2. The van der Waals surface area contributed by atoms with Crippen LogP contribution >= 0.6 is 11.3 Å². The minimum atomic E-state index is -3.98. The first kappa shape index (κ1) is 23.4. The Labute approximate surface area is 215 Å². The van der Waals surface area contributed by atoms with Gasteiger partial charge in [-0.25, -0.2) is 17.9 Å². The van der Waals surface area contributed by atoms with E-state index in [-0.39, 0.29) is 4.21 Å². The molecule has 2 aliphatic heterocycles. The topological polar surface area (TPSA) is 94.6 Å². The summed E-state index contributed by atoms with van der Waals surface area (Å²) in [6.45, 7) is 3.58. The summed E-state index contributed by atoms with van der Waals surface area (Å²) in [4.78, 5) is 23.0. The van der Waals surface area contributed by atoms with Gasteiger partial charge in [0, 0.05) is 48.4 Å². The van der Waals surface area contributed by atoms with Crippen molar-refractivity contribution >= 4 is 38.8 Å². The zero-order valence-corrected chi connectivity index (χ0v) is 21.8. The highest BCUT2D eigenvalue weighted by Crippen LogP contribution is 2.41. The van der Waals surface area contributed by atoms with Crippen molar-refractivity contribution in [2.24, 2.45) is 0 Å². The van der Waals surface area contributed by atoms with Crippen LogP contribution in [0.4, 0.5) is 16.2 Å². The second kappa shape index (κ2) is 9.17. The first-order valence-corrected chi connectivity index (χ1v) is 14.7.